The van der Waals surface area contributed by atoms with Gasteiger partial charge in [0.2, 0.25) is 0 Å². The number of aromatic nitrogens is 3. The summed E-state index contributed by atoms with van der Waals surface area (Å²) in [6, 6.07) is 13.4. The Kier molecular flexibility index (Phi) is 7.05. The maximum absolute atomic E-state index is 6.28. The van der Waals surface area contributed by atoms with Crippen molar-refractivity contribution < 1.29 is 4.74 Å². The minimum atomic E-state index is -0.258. The number of para-hydroxylation sites is 1. The minimum absolute atomic E-state index is 0.258. The Morgan fingerprint density at radius 3 is 2.54 bits per heavy atom. The molecule has 0 radical (unpaired) electrons. The van der Waals surface area contributed by atoms with Crippen molar-refractivity contribution in [3.8, 4) is 5.75 Å². The Labute approximate surface area is 179 Å². The first-order valence-electron chi connectivity index (χ1n) is 8.83. The highest BCUT2D eigenvalue weighted by atomic mass is 35.5. The molecule has 0 aliphatic carbocycles. The number of thioether (sulfide) groups is 1. The van der Waals surface area contributed by atoms with Gasteiger partial charge in [-0.1, -0.05) is 65.3 Å². The Balaban J connectivity index is 1.81. The molecule has 1 unspecified atom stereocenters. The minimum Gasteiger partial charge on any atom is -0.482 e. The van der Waals surface area contributed by atoms with Crippen LogP contribution in [0.2, 0.25) is 10.0 Å². The molecule has 146 valence electrons. The van der Waals surface area contributed by atoms with E-state index in [4.69, 9.17) is 27.9 Å². The summed E-state index contributed by atoms with van der Waals surface area (Å²) >= 11 is 14.1. The van der Waals surface area contributed by atoms with Crippen molar-refractivity contribution in [3.63, 3.8) is 0 Å². The Hall–Kier alpha value is -1.95. The zero-order valence-electron chi connectivity index (χ0n) is 15.7. The third kappa shape index (κ3) is 4.72. The molecule has 0 fully saturated rings. The van der Waals surface area contributed by atoms with E-state index in [1.807, 2.05) is 67.0 Å². The average molecular weight is 434 g/mol. The van der Waals surface area contributed by atoms with E-state index in [1.165, 1.54) is 11.8 Å². The number of ether oxygens (including phenoxy) is 1. The zero-order valence-corrected chi connectivity index (χ0v) is 18.1. The molecule has 28 heavy (non-hydrogen) atoms. The predicted octanol–water partition coefficient (Wildman–Crippen LogP) is 6.51. The fraction of sp³-hybridized carbons (Fsp3) is 0.238. The van der Waals surface area contributed by atoms with Gasteiger partial charge in [-0.05, 0) is 43.2 Å². The van der Waals surface area contributed by atoms with Gasteiger partial charge in [0.05, 0.1) is 0 Å². The number of hydrogen-bond donors (Lipinski definition) is 0. The fourth-order valence-electron chi connectivity index (χ4n) is 2.75. The van der Waals surface area contributed by atoms with Gasteiger partial charge in [0.25, 0.3) is 0 Å². The molecule has 1 heterocycles. The molecule has 3 rings (SSSR count). The lowest BCUT2D eigenvalue weighted by atomic mass is 10.2. The molecule has 0 bridgehead atoms. The van der Waals surface area contributed by atoms with E-state index in [2.05, 4.69) is 16.8 Å². The summed E-state index contributed by atoms with van der Waals surface area (Å²) < 4.78 is 8.13. The summed E-state index contributed by atoms with van der Waals surface area (Å²) in [5.74, 6) is 2.18. The molecule has 0 N–H and O–H groups in total. The smallest absolute Gasteiger partial charge is 0.191 e. The quantitative estimate of drug-likeness (QED) is 0.299. The maximum atomic E-state index is 6.28. The third-order valence-corrected chi connectivity index (χ3v) is 5.93. The van der Waals surface area contributed by atoms with Crippen LogP contribution in [-0.2, 0) is 12.3 Å². The number of nitrogens with zero attached hydrogens (tertiary/aromatic N) is 3. The molecule has 0 amide bonds. The molecule has 0 spiro atoms. The number of halogens is 2. The van der Waals surface area contributed by atoms with Crippen LogP contribution in [0.1, 0.15) is 30.0 Å². The second-order valence-corrected chi connectivity index (χ2v) is 8.01. The van der Waals surface area contributed by atoms with Crippen LogP contribution in [0.3, 0.4) is 0 Å². The lowest BCUT2D eigenvalue weighted by Gasteiger charge is -2.17. The molecule has 1 aromatic heterocycles. The Morgan fingerprint density at radius 1 is 1.14 bits per heavy atom. The van der Waals surface area contributed by atoms with Crippen molar-refractivity contribution in [1.82, 2.24) is 14.8 Å². The second kappa shape index (κ2) is 9.50. The lowest BCUT2D eigenvalue weighted by Crippen LogP contribution is -2.12. The van der Waals surface area contributed by atoms with Gasteiger partial charge in [-0.3, -0.25) is 4.57 Å². The van der Waals surface area contributed by atoms with Gasteiger partial charge < -0.3 is 4.74 Å². The van der Waals surface area contributed by atoms with Crippen molar-refractivity contribution in [3.05, 3.63) is 82.1 Å². The predicted molar refractivity (Wildman–Crippen MR) is 116 cm³/mol. The standard InChI is InChI=1S/C21H21Cl2N3OS/c1-4-12-26-20(15(3)27-19-11-6-5-8-14(19)2)24-25-21(26)28-13-16-17(22)9-7-10-18(16)23/h4-11,15H,1,12-13H2,2-3H3. The number of rotatable bonds is 8. The molecule has 3 aromatic rings. The molecule has 0 aliphatic heterocycles. The van der Waals surface area contributed by atoms with E-state index < -0.39 is 0 Å². The number of hydrogen-bond acceptors (Lipinski definition) is 4. The van der Waals surface area contributed by atoms with Gasteiger partial charge >= 0.3 is 0 Å². The molecular weight excluding hydrogens is 413 g/mol. The molecule has 0 saturated carbocycles. The van der Waals surface area contributed by atoms with Crippen LogP contribution in [0.5, 0.6) is 5.75 Å². The SMILES string of the molecule is C=CCn1c(SCc2c(Cl)cccc2Cl)nnc1C(C)Oc1ccccc1C. The van der Waals surface area contributed by atoms with E-state index >= 15 is 0 Å². The highest BCUT2D eigenvalue weighted by Crippen LogP contribution is 2.32. The fourth-order valence-corrected chi connectivity index (χ4v) is 4.44. The van der Waals surface area contributed by atoms with Crippen LogP contribution < -0.4 is 4.74 Å². The third-order valence-electron chi connectivity index (χ3n) is 4.23. The monoisotopic (exact) mass is 433 g/mol. The molecule has 7 heteroatoms. The van der Waals surface area contributed by atoms with Crippen molar-refractivity contribution in [2.75, 3.05) is 0 Å². The van der Waals surface area contributed by atoms with Crippen LogP contribution in [0.15, 0.2) is 60.3 Å². The first-order valence-corrected chi connectivity index (χ1v) is 10.6. The lowest BCUT2D eigenvalue weighted by molar-refractivity contribution is 0.209. The molecular formula is C21H21Cl2N3OS. The summed E-state index contributed by atoms with van der Waals surface area (Å²) in [7, 11) is 0. The van der Waals surface area contributed by atoms with Crippen LogP contribution in [-0.4, -0.2) is 14.8 Å². The molecule has 1 atom stereocenters. The summed E-state index contributed by atoms with van der Waals surface area (Å²) in [6.07, 6.45) is 1.56. The number of allylic oxidation sites excluding steroid dienone is 1. The Bertz CT molecular complexity index is 954. The van der Waals surface area contributed by atoms with E-state index in [9.17, 15) is 0 Å². The maximum Gasteiger partial charge on any atom is 0.191 e. The van der Waals surface area contributed by atoms with Crippen molar-refractivity contribution in [1.29, 1.82) is 0 Å². The summed E-state index contributed by atoms with van der Waals surface area (Å²) in [6.45, 7) is 8.43. The van der Waals surface area contributed by atoms with E-state index in [1.54, 1.807) is 0 Å². The number of aryl methyl sites for hydroxylation is 1. The van der Waals surface area contributed by atoms with E-state index in [0.717, 1.165) is 27.9 Å². The van der Waals surface area contributed by atoms with Crippen molar-refractivity contribution in [2.24, 2.45) is 0 Å². The molecule has 0 aliphatic rings. The molecule has 2 aromatic carbocycles. The highest BCUT2D eigenvalue weighted by Gasteiger charge is 2.20. The number of benzene rings is 2. The van der Waals surface area contributed by atoms with Gasteiger partial charge in [0, 0.05) is 22.3 Å². The largest absolute Gasteiger partial charge is 0.482 e. The van der Waals surface area contributed by atoms with Gasteiger partial charge in [-0.2, -0.15) is 0 Å². The van der Waals surface area contributed by atoms with E-state index in [-0.39, 0.29) is 6.10 Å². The van der Waals surface area contributed by atoms with Gasteiger partial charge in [-0.25, -0.2) is 0 Å². The summed E-state index contributed by atoms with van der Waals surface area (Å²) in [5, 5.41) is 10.8. The topological polar surface area (TPSA) is 39.9 Å². The Morgan fingerprint density at radius 2 is 1.86 bits per heavy atom. The first-order chi connectivity index (χ1) is 13.5. The average Bonchev–Trinajstić information content (AvgIpc) is 3.06. The van der Waals surface area contributed by atoms with E-state index in [0.29, 0.717) is 22.3 Å². The zero-order chi connectivity index (χ0) is 20.1. The van der Waals surface area contributed by atoms with Crippen molar-refractivity contribution in [2.45, 2.75) is 37.4 Å². The van der Waals surface area contributed by atoms with Crippen LogP contribution >= 0.6 is 35.0 Å². The molecule has 4 nitrogen and oxygen atoms in total. The second-order valence-electron chi connectivity index (χ2n) is 6.25. The summed E-state index contributed by atoms with van der Waals surface area (Å²) in [5.41, 5.74) is 1.96. The van der Waals surface area contributed by atoms with Crippen LogP contribution in [0, 0.1) is 6.92 Å². The van der Waals surface area contributed by atoms with Crippen molar-refractivity contribution >= 4 is 35.0 Å². The van der Waals surface area contributed by atoms with Crippen LogP contribution in [0.4, 0.5) is 0 Å². The van der Waals surface area contributed by atoms with Gasteiger partial charge in [0.15, 0.2) is 17.1 Å². The normalized spacial score (nSPS) is 12.0. The molecule has 0 saturated heterocycles. The van der Waals surface area contributed by atoms with Gasteiger partial charge in [-0.15, -0.1) is 16.8 Å². The summed E-state index contributed by atoms with van der Waals surface area (Å²) in [4.78, 5) is 0. The first kappa shape index (κ1) is 20.8. The highest BCUT2D eigenvalue weighted by molar-refractivity contribution is 7.98. The van der Waals surface area contributed by atoms with Crippen LogP contribution in [0.25, 0.3) is 0 Å². The van der Waals surface area contributed by atoms with Gasteiger partial charge in [0.1, 0.15) is 5.75 Å².